The minimum Gasteiger partial charge on any atom is -0.323 e. The van der Waals surface area contributed by atoms with Gasteiger partial charge in [0.25, 0.3) is 0 Å². The van der Waals surface area contributed by atoms with Gasteiger partial charge in [-0.05, 0) is 25.8 Å². The summed E-state index contributed by atoms with van der Waals surface area (Å²) < 4.78 is 38.7. The molecule has 1 atom stereocenters. The van der Waals surface area contributed by atoms with Gasteiger partial charge < -0.3 is 5.73 Å². The zero-order valence-corrected chi connectivity index (χ0v) is 8.25. The van der Waals surface area contributed by atoms with Crippen LogP contribution >= 0.6 is 0 Å². The lowest BCUT2D eigenvalue weighted by Gasteiger charge is -2.07. The van der Waals surface area contributed by atoms with Gasteiger partial charge in [0, 0.05) is 6.04 Å². The molecule has 15 heavy (non-hydrogen) atoms. The van der Waals surface area contributed by atoms with Crippen LogP contribution in [0, 0.1) is 0 Å². The summed E-state index contributed by atoms with van der Waals surface area (Å²) in [5, 5.41) is 3.58. The molecule has 1 fully saturated rings. The summed E-state index contributed by atoms with van der Waals surface area (Å²) in [5.74, 6) is 0. The van der Waals surface area contributed by atoms with Crippen LogP contribution in [0.3, 0.4) is 0 Å². The Bertz CT molecular complexity index is 344. The number of nitrogens with zero attached hydrogens (tertiary/aromatic N) is 2. The van der Waals surface area contributed by atoms with E-state index >= 15 is 0 Å². The molecule has 0 saturated heterocycles. The predicted octanol–water partition coefficient (Wildman–Crippen LogP) is 2.26. The number of hydrogen-bond donors (Lipinski definition) is 1. The standard InChI is InChI=1S/C9H12F3N3/c1-5(13)7-4-8(9(10,11)12)14-15(7)6-2-3-6/h4-6H,2-3,13H2,1H3/t5-/m1/s1. The summed E-state index contributed by atoms with van der Waals surface area (Å²) in [5.41, 5.74) is 5.23. The SMILES string of the molecule is C[C@@H](N)c1cc(C(F)(F)F)nn1C1CC1. The lowest BCUT2D eigenvalue weighted by Crippen LogP contribution is -2.12. The van der Waals surface area contributed by atoms with Crippen LogP contribution in [0.25, 0.3) is 0 Å². The third-order valence-electron chi connectivity index (χ3n) is 2.41. The van der Waals surface area contributed by atoms with Crippen LogP contribution in [0.5, 0.6) is 0 Å². The molecule has 1 aromatic rings. The first-order valence-electron chi connectivity index (χ1n) is 4.82. The number of rotatable bonds is 2. The van der Waals surface area contributed by atoms with E-state index in [0.29, 0.717) is 5.69 Å². The van der Waals surface area contributed by atoms with E-state index in [1.165, 1.54) is 4.68 Å². The molecule has 0 amide bonds. The maximum Gasteiger partial charge on any atom is 0.435 e. The molecule has 1 aliphatic rings. The molecule has 0 aromatic carbocycles. The second kappa shape index (κ2) is 3.23. The van der Waals surface area contributed by atoms with Gasteiger partial charge >= 0.3 is 6.18 Å². The van der Waals surface area contributed by atoms with Crippen LogP contribution < -0.4 is 5.73 Å². The topological polar surface area (TPSA) is 43.8 Å². The van der Waals surface area contributed by atoms with Crippen LogP contribution in [0.4, 0.5) is 13.2 Å². The summed E-state index contributed by atoms with van der Waals surface area (Å²) in [6.07, 6.45) is -2.61. The molecule has 1 heterocycles. The van der Waals surface area contributed by atoms with E-state index in [9.17, 15) is 13.2 Å². The summed E-state index contributed by atoms with van der Waals surface area (Å²) >= 11 is 0. The average molecular weight is 219 g/mol. The van der Waals surface area contributed by atoms with E-state index < -0.39 is 17.9 Å². The van der Waals surface area contributed by atoms with Crippen molar-refractivity contribution in [3.8, 4) is 0 Å². The van der Waals surface area contributed by atoms with E-state index in [0.717, 1.165) is 18.9 Å². The Morgan fingerprint density at radius 2 is 2.13 bits per heavy atom. The van der Waals surface area contributed by atoms with Gasteiger partial charge in [-0.15, -0.1) is 0 Å². The maximum atomic E-state index is 12.4. The van der Waals surface area contributed by atoms with Crippen molar-refractivity contribution in [2.24, 2.45) is 5.73 Å². The molecular weight excluding hydrogens is 207 g/mol. The Labute approximate surface area is 85.1 Å². The zero-order chi connectivity index (χ0) is 11.2. The fraction of sp³-hybridized carbons (Fsp3) is 0.667. The molecule has 0 bridgehead atoms. The Hall–Kier alpha value is -1.04. The van der Waals surface area contributed by atoms with Crippen molar-refractivity contribution in [1.29, 1.82) is 0 Å². The van der Waals surface area contributed by atoms with Crippen molar-refractivity contribution < 1.29 is 13.2 Å². The van der Waals surface area contributed by atoms with Gasteiger partial charge in [-0.1, -0.05) is 0 Å². The Balaban J connectivity index is 2.40. The third-order valence-corrected chi connectivity index (χ3v) is 2.41. The summed E-state index contributed by atoms with van der Waals surface area (Å²) in [6, 6.07) is 0.736. The van der Waals surface area contributed by atoms with E-state index in [-0.39, 0.29) is 6.04 Å². The minimum absolute atomic E-state index is 0.113. The molecule has 0 unspecified atom stereocenters. The first kappa shape index (κ1) is 10.5. The minimum atomic E-state index is -4.39. The monoisotopic (exact) mass is 219 g/mol. The largest absolute Gasteiger partial charge is 0.435 e. The molecule has 1 aromatic heterocycles. The molecule has 0 spiro atoms. The fourth-order valence-corrected chi connectivity index (χ4v) is 1.50. The summed E-state index contributed by atoms with van der Waals surface area (Å²) in [6.45, 7) is 1.66. The quantitative estimate of drug-likeness (QED) is 0.829. The molecule has 0 radical (unpaired) electrons. The van der Waals surface area contributed by atoms with Gasteiger partial charge in [-0.2, -0.15) is 18.3 Å². The van der Waals surface area contributed by atoms with E-state index in [2.05, 4.69) is 5.10 Å². The highest BCUT2D eigenvalue weighted by Gasteiger charge is 2.37. The van der Waals surface area contributed by atoms with Crippen molar-refractivity contribution in [2.45, 2.75) is 38.0 Å². The first-order valence-corrected chi connectivity index (χ1v) is 4.82. The smallest absolute Gasteiger partial charge is 0.323 e. The number of hydrogen-bond acceptors (Lipinski definition) is 2. The Morgan fingerprint density at radius 3 is 2.53 bits per heavy atom. The lowest BCUT2D eigenvalue weighted by atomic mass is 10.2. The van der Waals surface area contributed by atoms with Gasteiger partial charge in [-0.25, -0.2) is 0 Å². The zero-order valence-electron chi connectivity index (χ0n) is 8.25. The van der Waals surface area contributed by atoms with Crippen molar-refractivity contribution in [2.75, 3.05) is 0 Å². The second-order valence-corrected chi connectivity index (χ2v) is 3.92. The van der Waals surface area contributed by atoms with Crippen molar-refractivity contribution in [1.82, 2.24) is 9.78 Å². The van der Waals surface area contributed by atoms with Gasteiger partial charge in [0.15, 0.2) is 5.69 Å². The molecule has 84 valence electrons. The number of nitrogens with two attached hydrogens (primary N) is 1. The maximum absolute atomic E-state index is 12.4. The van der Waals surface area contributed by atoms with Crippen LogP contribution in [0.2, 0.25) is 0 Å². The van der Waals surface area contributed by atoms with Gasteiger partial charge in [0.05, 0.1) is 11.7 Å². The third kappa shape index (κ3) is 1.99. The van der Waals surface area contributed by atoms with Crippen LogP contribution in [0.15, 0.2) is 6.07 Å². The normalized spacial score (nSPS) is 19.3. The van der Waals surface area contributed by atoms with Crippen LogP contribution in [-0.4, -0.2) is 9.78 Å². The molecule has 2 N–H and O–H groups in total. The van der Waals surface area contributed by atoms with Gasteiger partial charge in [0.2, 0.25) is 0 Å². The van der Waals surface area contributed by atoms with E-state index in [4.69, 9.17) is 5.73 Å². The van der Waals surface area contributed by atoms with Crippen molar-refractivity contribution >= 4 is 0 Å². The van der Waals surface area contributed by atoms with E-state index in [1.54, 1.807) is 6.92 Å². The highest BCUT2D eigenvalue weighted by molar-refractivity contribution is 5.17. The number of aromatic nitrogens is 2. The molecule has 3 nitrogen and oxygen atoms in total. The Kier molecular flexibility index (Phi) is 2.26. The number of halogens is 3. The molecule has 0 aliphatic heterocycles. The summed E-state index contributed by atoms with van der Waals surface area (Å²) in [4.78, 5) is 0. The van der Waals surface area contributed by atoms with Crippen molar-refractivity contribution in [3.63, 3.8) is 0 Å². The first-order chi connectivity index (χ1) is 6.89. The number of alkyl halides is 3. The van der Waals surface area contributed by atoms with Gasteiger partial charge in [0.1, 0.15) is 0 Å². The lowest BCUT2D eigenvalue weighted by molar-refractivity contribution is -0.141. The molecule has 6 heteroatoms. The molecule has 2 rings (SSSR count). The molecule has 1 saturated carbocycles. The Morgan fingerprint density at radius 1 is 1.53 bits per heavy atom. The second-order valence-electron chi connectivity index (χ2n) is 3.92. The van der Waals surface area contributed by atoms with Gasteiger partial charge in [-0.3, -0.25) is 4.68 Å². The van der Waals surface area contributed by atoms with Crippen molar-refractivity contribution in [3.05, 3.63) is 17.5 Å². The predicted molar refractivity (Wildman–Crippen MR) is 48.1 cm³/mol. The molecule has 1 aliphatic carbocycles. The van der Waals surface area contributed by atoms with Crippen LogP contribution in [-0.2, 0) is 6.18 Å². The highest BCUT2D eigenvalue weighted by atomic mass is 19.4. The van der Waals surface area contributed by atoms with E-state index in [1.807, 2.05) is 0 Å². The van der Waals surface area contributed by atoms with Crippen LogP contribution in [0.1, 0.15) is 43.2 Å². The highest BCUT2D eigenvalue weighted by Crippen LogP contribution is 2.38. The average Bonchev–Trinajstić information content (AvgIpc) is 2.81. The molecular formula is C9H12F3N3. The fourth-order valence-electron chi connectivity index (χ4n) is 1.50. The summed E-state index contributed by atoms with van der Waals surface area (Å²) in [7, 11) is 0.